The Morgan fingerprint density at radius 2 is 1.90 bits per heavy atom. The third kappa shape index (κ3) is 5.09. The Bertz CT molecular complexity index is 1750. The zero-order chi connectivity index (χ0) is 28.9. The first-order valence-corrected chi connectivity index (χ1v) is 15.2. The minimum atomic E-state index is -4.32. The van der Waals surface area contributed by atoms with Gasteiger partial charge < -0.3 is 19.4 Å². The summed E-state index contributed by atoms with van der Waals surface area (Å²) in [4.78, 5) is 16.6. The predicted molar refractivity (Wildman–Crippen MR) is 154 cm³/mol. The van der Waals surface area contributed by atoms with Crippen LogP contribution in [0.25, 0.3) is 10.9 Å². The minimum Gasteiger partial charge on any atom is -0.490 e. The van der Waals surface area contributed by atoms with E-state index in [0.717, 1.165) is 5.56 Å². The number of nitrogens with one attached hydrogen (secondary N) is 2. The standard InChI is InChI=1S/C29H26Cl2FN3O5S/c1-29-16-35(28(36)40-14-17-6-3-2-4-7-17)13-18(29)19(29)15-39-23-8-5-9-24(26(23)32)41(37,38)34-22-11-10-20(30)25-21(31)12-33-27(22)25/h2-12,18-19,33-34H,13-16H2,1H3/t18-,19-,29?/m0/s1. The molecule has 0 bridgehead atoms. The molecule has 41 heavy (non-hydrogen) atoms. The average Bonchev–Trinajstić information content (AvgIpc) is 3.22. The molecule has 3 atom stereocenters. The van der Waals surface area contributed by atoms with E-state index in [1.807, 2.05) is 30.3 Å². The number of halogens is 3. The molecule has 6 rings (SSSR count). The highest BCUT2D eigenvalue weighted by atomic mass is 35.5. The lowest BCUT2D eigenvalue weighted by atomic mass is 10.1. The highest BCUT2D eigenvalue weighted by Crippen LogP contribution is 2.63. The van der Waals surface area contributed by atoms with Gasteiger partial charge in [0, 0.05) is 30.6 Å². The van der Waals surface area contributed by atoms with E-state index in [1.165, 1.54) is 36.5 Å². The highest BCUT2D eigenvalue weighted by Gasteiger charge is 2.67. The number of hydrogen-bond donors (Lipinski definition) is 2. The van der Waals surface area contributed by atoms with Crippen LogP contribution in [-0.2, 0) is 21.4 Å². The van der Waals surface area contributed by atoms with Crippen molar-refractivity contribution in [2.45, 2.75) is 18.4 Å². The lowest BCUT2D eigenvalue weighted by molar-refractivity contribution is 0.0939. The molecule has 0 spiro atoms. The quantitative estimate of drug-likeness (QED) is 0.229. The van der Waals surface area contributed by atoms with Gasteiger partial charge in [0.2, 0.25) is 0 Å². The first-order chi connectivity index (χ1) is 19.6. The van der Waals surface area contributed by atoms with Crippen LogP contribution in [-0.4, -0.2) is 44.1 Å². The van der Waals surface area contributed by atoms with Crippen molar-refractivity contribution >= 4 is 55.9 Å². The molecule has 1 aliphatic carbocycles. The number of aromatic nitrogens is 1. The van der Waals surface area contributed by atoms with Gasteiger partial charge in [0.1, 0.15) is 11.5 Å². The van der Waals surface area contributed by atoms with Gasteiger partial charge in [-0.1, -0.05) is 66.5 Å². The second-order valence-corrected chi connectivity index (χ2v) is 13.1. The first kappa shape index (κ1) is 27.7. The number of amides is 1. The summed E-state index contributed by atoms with van der Waals surface area (Å²) in [5, 5.41) is 1.14. The molecule has 12 heteroatoms. The summed E-state index contributed by atoms with van der Waals surface area (Å²) in [6.45, 7) is 3.51. The summed E-state index contributed by atoms with van der Waals surface area (Å²) in [5.74, 6) is -0.872. The Kier molecular flexibility index (Phi) is 7.04. The number of carbonyl (C=O) groups excluding carboxylic acids is 1. The van der Waals surface area contributed by atoms with E-state index >= 15 is 4.39 Å². The molecule has 2 fully saturated rings. The number of aromatic amines is 1. The number of sulfonamides is 1. The highest BCUT2D eigenvalue weighted by molar-refractivity contribution is 7.92. The number of carbonyl (C=O) groups is 1. The van der Waals surface area contributed by atoms with Crippen molar-refractivity contribution < 1.29 is 27.1 Å². The van der Waals surface area contributed by atoms with Gasteiger partial charge in [-0.15, -0.1) is 0 Å². The Balaban J connectivity index is 1.09. The van der Waals surface area contributed by atoms with E-state index in [9.17, 15) is 13.2 Å². The summed E-state index contributed by atoms with van der Waals surface area (Å²) < 4.78 is 55.5. The summed E-state index contributed by atoms with van der Waals surface area (Å²) in [7, 11) is -4.32. The van der Waals surface area contributed by atoms with E-state index in [0.29, 0.717) is 34.0 Å². The maximum absolute atomic E-state index is 15.4. The number of nitrogens with zero attached hydrogens (tertiary/aromatic N) is 1. The fourth-order valence-corrected chi connectivity index (χ4v) is 7.47. The Morgan fingerprint density at radius 3 is 2.63 bits per heavy atom. The number of anilines is 1. The zero-order valence-corrected chi connectivity index (χ0v) is 24.2. The zero-order valence-electron chi connectivity index (χ0n) is 21.9. The summed E-state index contributed by atoms with van der Waals surface area (Å²) in [6.07, 6.45) is 1.13. The molecule has 2 heterocycles. The lowest BCUT2D eigenvalue weighted by Gasteiger charge is -2.22. The molecular formula is C29H26Cl2FN3O5S. The number of ether oxygens (including phenoxy) is 2. The van der Waals surface area contributed by atoms with Gasteiger partial charge in [-0.2, -0.15) is 0 Å². The number of fused-ring (bicyclic) bond motifs is 2. The minimum absolute atomic E-state index is 0.0958. The number of likely N-dealkylation sites (tertiary alicyclic amines) is 1. The van der Waals surface area contributed by atoms with Gasteiger partial charge in [-0.25, -0.2) is 17.6 Å². The van der Waals surface area contributed by atoms with Crippen molar-refractivity contribution in [1.82, 2.24) is 9.88 Å². The molecule has 0 radical (unpaired) electrons. The van der Waals surface area contributed by atoms with Crippen LogP contribution < -0.4 is 9.46 Å². The van der Waals surface area contributed by atoms with Crippen LogP contribution in [0.4, 0.5) is 14.9 Å². The summed E-state index contributed by atoms with van der Waals surface area (Å²) in [5.41, 5.74) is 1.29. The van der Waals surface area contributed by atoms with Crippen molar-refractivity contribution in [3.8, 4) is 5.75 Å². The number of H-pyrrole nitrogens is 1. The molecule has 1 saturated carbocycles. The maximum atomic E-state index is 15.4. The Labute approximate surface area is 246 Å². The van der Waals surface area contributed by atoms with Gasteiger partial charge in [0.25, 0.3) is 10.0 Å². The van der Waals surface area contributed by atoms with E-state index in [-0.39, 0.29) is 48.0 Å². The fraction of sp³-hybridized carbons (Fsp3) is 0.276. The molecule has 4 aromatic rings. The molecule has 1 aromatic heterocycles. The normalized spacial score (nSPS) is 21.5. The number of hydrogen-bond acceptors (Lipinski definition) is 5. The third-order valence-electron chi connectivity index (χ3n) is 8.10. The SMILES string of the molecule is CC12CN(C(=O)OCc3ccccc3)C[C@H]1[C@@H]2COc1cccc(S(=O)(=O)Nc2ccc(Cl)c3c(Cl)c[nH]c23)c1F. The number of benzene rings is 3. The van der Waals surface area contributed by atoms with Gasteiger partial charge in [-0.3, -0.25) is 4.72 Å². The van der Waals surface area contributed by atoms with E-state index in [1.54, 1.807) is 4.90 Å². The molecular weight excluding hydrogens is 592 g/mol. The van der Waals surface area contributed by atoms with Gasteiger partial charge in [0.15, 0.2) is 11.6 Å². The van der Waals surface area contributed by atoms with Crippen LogP contribution in [0.3, 0.4) is 0 Å². The molecule has 8 nitrogen and oxygen atoms in total. The fourth-order valence-electron chi connectivity index (χ4n) is 5.75. The van der Waals surface area contributed by atoms with Crippen LogP contribution in [0.15, 0.2) is 71.8 Å². The summed E-state index contributed by atoms with van der Waals surface area (Å²) in [6, 6.07) is 16.4. The molecule has 3 aromatic carbocycles. The van der Waals surface area contributed by atoms with Crippen molar-refractivity contribution in [1.29, 1.82) is 0 Å². The van der Waals surface area contributed by atoms with Crippen LogP contribution in [0.5, 0.6) is 5.75 Å². The van der Waals surface area contributed by atoms with Crippen molar-refractivity contribution in [2.75, 3.05) is 24.4 Å². The Hall–Kier alpha value is -3.47. The van der Waals surface area contributed by atoms with Crippen LogP contribution >= 0.6 is 23.2 Å². The second-order valence-electron chi connectivity index (χ2n) is 10.6. The molecule has 2 N–H and O–H groups in total. The molecule has 1 saturated heterocycles. The summed E-state index contributed by atoms with van der Waals surface area (Å²) >= 11 is 12.4. The third-order valence-corrected chi connectivity index (χ3v) is 10.1. The Morgan fingerprint density at radius 1 is 1.12 bits per heavy atom. The molecule has 1 aliphatic heterocycles. The van der Waals surface area contributed by atoms with E-state index < -0.39 is 20.7 Å². The predicted octanol–water partition coefficient (Wildman–Crippen LogP) is 6.70. The number of piperidine rings is 1. The molecule has 1 amide bonds. The van der Waals surface area contributed by atoms with Gasteiger partial charge >= 0.3 is 6.09 Å². The topological polar surface area (TPSA) is 101 Å². The van der Waals surface area contributed by atoms with Gasteiger partial charge in [0.05, 0.1) is 27.9 Å². The van der Waals surface area contributed by atoms with Crippen LogP contribution in [0, 0.1) is 23.1 Å². The maximum Gasteiger partial charge on any atom is 0.410 e. The number of rotatable bonds is 8. The van der Waals surface area contributed by atoms with E-state index in [2.05, 4.69) is 16.6 Å². The smallest absolute Gasteiger partial charge is 0.410 e. The van der Waals surface area contributed by atoms with Crippen molar-refractivity contribution in [3.05, 3.63) is 88.3 Å². The molecule has 2 aliphatic rings. The monoisotopic (exact) mass is 617 g/mol. The second kappa shape index (κ2) is 10.4. The van der Waals surface area contributed by atoms with Crippen molar-refractivity contribution in [3.63, 3.8) is 0 Å². The van der Waals surface area contributed by atoms with Crippen molar-refractivity contribution in [2.24, 2.45) is 17.3 Å². The van der Waals surface area contributed by atoms with Gasteiger partial charge in [-0.05, 0) is 41.2 Å². The van der Waals surface area contributed by atoms with Crippen LogP contribution in [0.2, 0.25) is 10.0 Å². The van der Waals surface area contributed by atoms with E-state index in [4.69, 9.17) is 32.7 Å². The first-order valence-electron chi connectivity index (χ1n) is 12.9. The molecule has 214 valence electrons. The van der Waals surface area contributed by atoms with Crippen LogP contribution in [0.1, 0.15) is 12.5 Å². The average molecular weight is 619 g/mol. The lowest BCUT2D eigenvalue weighted by Crippen LogP contribution is -2.34. The molecule has 1 unspecified atom stereocenters. The largest absolute Gasteiger partial charge is 0.490 e.